The van der Waals surface area contributed by atoms with E-state index in [4.69, 9.17) is 9.90 Å². The molecular weight excluding hydrogens is 295 g/mol. The SMILES string of the molecule is CC(C)(C)Cc1ccc(C2CNC2)cc1.O=C(O)C(F)(F)F. The molecule has 0 atom stereocenters. The maximum atomic E-state index is 10.6. The Bertz CT molecular complexity index is 486. The second-order valence-electron chi connectivity index (χ2n) is 6.64. The minimum atomic E-state index is -5.08. The van der Waals surface area contributed by atoms with Gasteiger partial charge in [0, 0.05) is 19.0 Å². The van der Waals surface area contributed by atoms with Gasteiger partial charge in [-0.05, 0) is 23.0 Å². The van der Waals surface area contributed by atoms with Crippen molar-refractivity contribution in [1.82, 2.24) is 5.32 Å². The van der Waals surface area contributed by atoms with Crippen LogP contribution in [0, 0.1) is 5.41 Å². The minimum Gasteiger partial charge on any atom is -0.475 e. The van der Waals surface area contributed by atoms with Crippen molar-refractivity contribution in [3.05, 3.63) is 35.4 Å². The van der Waals surface area contributed by atoms with Gasteiger partial charge in [0.05, 0.1) is 0 Å². The molecular formula is C16H22F3NO2. The van der Waals surface area contributed by atoms with Gasteiger partial charge in [-0.2, -0.15) is 13.2 Å². The predicted molar refractivity (Wildman–Crippen MR) is 78.9 cm³/mol. The average Bonchev–Trinajstić information content (AvgIpc) is 2.27. The van der Waals surface area contributed by atoms with Crippen molar-refractivity contribution in [1.29, 1.82) is 0 Å². The summed E-state index contributed by atoms with van der Waals surface area (Å²) in [6.45, 7) is 9.17. The lowest BCUT2D eigenvalue weighted by Crippen LogP contribution is -2.39. The van der Waals surface area contributed by atoms with Gasteiger partial charge < -0.3 is 10.4 Å². The van der Waals surface area contributed by atoms with Crippen LogP contribution in [0.5, 0.6) is 0 Å². The van der Waals surface area contributed by atoms with E-state index in [-0.39, 0.29) is 0 Å². The Labute approximate surface area is 128 Å². The van der Waals surface area contributed by atoms with Crippen molar-refractivity contribution in [2.75, 3.05) is 13.1 Å². The van der Waals surface area contributed by atoms with Crippen LogP contribution in [-0.4, -0.2) is 30.3 Å². The molecule has 0 radical (unpaired) electrons. The van der Waals surface area contributed by atoms with Crippen molar-refractivity contribution in [3.63, 3.8) is 0 Å². The number of aliphatic carboxylic acids is 1. The molecule has 0 spiro atoms. The molecule has 22 heavy (non-hydrogen) atoms. The number of alkyl halides is 3. The zero-order valence-electron chi connectivity index (χ0n) is 13.0. The van der Waals surface area contributed by atoms with Crippen LogP contribution in [0.3, 0.4) is 0 Å². The first-order chi connectivity index (χ1) is 9.99. The van der Waals surface area contributed by atoms with E-state index in [0.717, 1.165) is 25.4 Å². The number of nitrogens with one attached hydrogen (secondary N) is 1. The Morgan fingerprint density at radius 2 is 1.64 bits per heavy atom. The largest absolute Gasteiger partial charge is 0.490 e. The smallest absolute Gasteiger partial charge is 0.475 e. The number of rotatable bonds is 2. The fraction of sp³-hybridized carbons (Fsp3) is 0.562. The van der Waals surface area contributed by atoms with Crippen LogP contribution in [0.25, 0.3) is 0 Å². The summed E-state index contributed by atoms with van der Waals surface area (Å²) >= 11 is 0. The Balaban J connectivity index is 0.000000295. The molecule has 0 saturated carbocycles. The molecule has 124 valence electrons. The summed E-state index contributed by atoms with van der Waals surface area (Å²) in [7, 11) is 0. The fourth-order valence-electron chi connectivity index (χ4n) is 2.04. The van der Waals surface area contributed by atoms with E-state index in [1.54, 1.807) is 0 Å². The number of carboxylic acid groups (broad SMARTS) is 1. The van der Waals surface area contributed by atoms with Crippen LogP contribution < -0.4 is 5.32 Å². The second-order valence-corrected chi connectivity index (χ2v) is 6.64. The van der Waals surface area contributed by atoms with Gasteiger partial charge in [0.15, 0.2) is 0 Å². The number of hydrogen-bond acceptors (Lipinski definition) is 2. The molecule has 2 rings (SSSR count). The number of halogens is 3. The first kappa shape index (κ1) is 18.5. The van der Waals surface area contributed by atoms with Crippen LogP contribution in [0.4, 0.5) is 13.2 Å². The first-order valence-electron chi connectivity index (χ1n) is 7.09. The van der Waals surface area contributed by atoms with E-state index in [1.807, 2.05) is 0 Å². The van der Waals surface area contributed by atoms with E-state index >= 15 is 0 Å². The standard InChI is InChI=1S/C14H21N.C2HF3O2/c1-14(2,3)8-11-4-6-12(7-5-11)13-9-15-10-13;3-2(4,5)1(6)7/h4-7,13,15H,8-10H2,1-3H3;(H,6,7). The van der Waals surface area contributed by atoms with Gasteiger partial charge >= 0.3 is 12.1 Å². The Morgan fingerprint density at radius 3 is 1.91 bits per heavy atom. The van der Waals surface area contributed by atoms with E-state index in [0.29, 0.717) is 5.41 Å². The lowest BCUT2D eigenvalue weighted by atomic mass is 9.86. The molecule has 2 N–H and O–H groups in total. The summed E-state index contributed by atoms with van der Waals surface area (Å²) < 4.78 is 31.7. The van der Waals surface area contributed by atoms with Crippen molar-refractivity contribution in [3.8, 4) is 0 Å². The molecule has 1 aliphatic heterocycles. The van der Waals surface area contributed by atoms with Crippen LogP contribution in [0.15, 0.2) is 24.3 Å². The quantitative estimate of drug-likeness (QED) is 0.876. The van der Waals surface area contributed by atoms with Crippen LogP contribution in [-0.2, 0) is 11.2 Å². The molecule has 1 aliphatic rings. The van der Waals surface area contributed by atoms with E-state index in [2.05, 4.69) is 50.4 Å². The second kappa shape index (κ2) is 7.13. The average molecular weight is 317 g/mol. The molecule has 1 fully saturated rings. The molecule has 6 heteroatoms. The van der Waals surface area contributed by atoms with Crippen molar-refractivity contribution >= 4 is 5.97 Å². The minimum absolute atomic E-state index is 0.388. The molecule has 1 aromatic carbocycles. The topological polar surface area (TPSA) is 49.3 Å². The summed E-state index contributed by atoms with van der Waals surface area (Å²) in [6.07, 6.45) is -3.92. The third kappa shape index (κ3) is 6.47. The number of carboxylic acids is 1. The lowest BCUT2D eigenvalue weighted by molar-refractivity contribution is -0.192. The monoisotopic (exact) mass is 317 g/mol. The summed E-state index contributed by atoms with van der Waals surface area (Å²) in [5.41, 5.74) is 3.34. The third-order valence-corrected chi connectivity index (χ3v) is 3.21. The highest BCUT2D eigenvalue weighted by molar-refractivity contribution is 5.73. The zero-order chi connectivity index (χ0) is 17.0. The Hall–Kier alpha value is -1.56. The molecule has 0 unspecified atom stereocenters. The van der Waals surface area contributed by atoms with E-state index in [9.17, 15) is 13.2 Å². The normalized spacial score (nSPS) is 15.5. The summed E-state index contributed by atoms with van der Waals surface area (Å²) in [6, 6.07) is 9.18. The maximum Gasteiger partial charge on any atom is 0.490 e. The molecule has 1 saturated heterocycles. The van der Waals surface area contributed by atoms with Gasteiger partial charge in [-0.1, -0.05) is 45.0 Å². The van der Waals surface area contributed by atoms with Gasteiger partial charge in [-0.15, -0.1) is 0 Å². The fourth-order valence-corrected chi connectivity index (χ4v) is 2.04. The van der Waals surface area contributed by atoms with Crippen molar-refractivity contribution in [2.45, 2.75) is 39.3 Å². The molecule has 1 heterocycles. The van der Waals surface area contributed by atoms with Gasteiger partial charge in [-0.25, -0.2) is 4.79 Å². The summed E-state index contributed by atoms with van der Waals surface area (Å²) in [5, 5.41) is 10.4. The molecule has 0 bridgehead atoms. The summed E-state index contributed by atoms with van der Waals surface area (Å²) in [5.74, 6) is -2.00. The highest BCUT2D eigenvalue weighted by atomic mass is 19.4. The molecule has 0 aliphatic carbocycles. The zero-order valence-corrected chi connectivity index (χ0v) is 13.0. The van der Waals surface area contributed by atoms with Gasteiger partial charge in [0.2, 0.25) is 0 Å². The van der Waals surface area contributed by atoms with Crippen molar-refractivity contribution < 1.29 is 23.1 Å². The molecule has 0 amide bonds. The van der Waals surface area contributed by atoms with E-state index in [1.165, 1.54) is 11.1 Å². The van der Waals surface area contributed by atoms with Crippen LogP contribution in [0.2, 0.25) is 0 Å². The third-order valence-electron chi connectivity index (χ3n) is 3.21. The van der Waals surface area contributed by atoms with Gasteiger partial charge in [0.1, 0.15) is 0 Å². The van der Waals surface area contributed by atoms with Crippen LogP contribution >= 0.6 is 0 Å². The number of benzene rings is 1. The lowest BCUT2D eigenvalue weighted by Gasteiger charge is -2.27. The van der Waals surface area contributed by atoms with Crippen LogP contribution in [0.1, 0.15) is 37.8 Å². The Morgan fingerprint density at radius 1 is 1.18 bits per heavy atom. The van der Waals surface area contributed by atoms with Crippen molar-refractivity contribution in [2.24, 2.45) is 5.41 Å². The molecule has 0 aromatic heterocycles. The Kier molecular flexibility index (Phi) is 6.00. The predicted octanol–water partition coefficient (Wildman–Crippen LogP) is 3.60. The summed E-state index contributed by atoms with van der Waals surface area (Å²) in [4.78, 5) is 8.90. The van der Waals surface area contributed by atoms with Gasteiger partial charge in [0.25, 0.3) is 0 Å². The number of carbonyl (C=O) groups is 1. The van der Waals surface area contributed by atoms with Gasteiger partial charge in [-0.3, -0.25) is 0 Å². The highest BCUT2D eigenvalue weighted by Gasteiger charge is 2.38. The van der Waals surface area contributed by atoms with E-state index < -0.39 is 12.1 Å². The molecule has 1 aromatic rings. The molecule has 3 nitrogen and oxygen atoms in total. The first-order valence-corrected chi connectivity index (χ1v) is 7.09. The number of hydrogen-bond donors (Lipinski definition) is 2. The maximum absolute atomic E-state index is 10.6. The highest BCUT2D eigenvalue weighted by Crippen LogP contribution is 2.24.